The fourth-order valence-corrected chi connectivity index (χ4v) is 2.36. The number of aryl methyl sites for hydroxylation is 1. The summed E-state index contributed by atoms with van der Waals surface area (Å²) in [5, 5.41) is 7.60. The zero-order valence-corrected chi connectivity index (χ0v) is 10.3. The Morgan fingerprint density at radius 1 is 1.16 bits per heavy atom. The van der Waals surface area contributed by atoms with Crippen molar-refractivity contribution in [2.75, 3.05) is 0 Å². The van der Waals surface area contributed by atoms with Crippen LogP contribution in [0.1, 0.15) is 16.8 Å². The molecule has 0 aliphatic carbocycles. The first-order chi connectivity index (χ1) is 8.97. The van der Waals surface area contributed by atoms with Crippen molar-refractivity contribution in [1.82, 2.24) is 15.1 Å². The number of nitrogens with one attached hydrogen (secondary N) is 1. The van der Waals surface area contributed by atoms with Crippen molar-refractivity contribution in [3.8, 4) is 11.3 Å². The fourth-order valence-electron chi connectivity index (χ4n) is 2.36. The SMILES string of the molecule is Cn1nc(-c2ccc(C(F)(F)F)cc2)c2c1CNC2. The van der Waals surface area contributed by atoms with Crippen LogP contribution in [0.25, 0.3) is 11.3 Å². The minimum atomic E-state index is -4.30. The molecule has 2 aromatic rings. The molecule has 0 unspecified atom stereocenters. The van der Waals surface area contributed by atoms with Crippen molar-refractivity contribution in [2.45, 2.75) is 19.3 Å². The Labute approximate surface area is 108 Å². The molecule has 0 bridgehead atoms. The smallest absolute Gasteiger partial charge is 0.307 e. The summed E-state index contributed by atoms with van der Waals surface area (Å²) in [6.07, 6.45) is -4.30. The summed E-state index contributed by atoms with van der Waals surface area (Å²) >= 11 is 0. The number of aromatic nitrogens is 2. The van der Waals surface area contributed by atoms with E-state index in [-0.39, 0.29) is 0 Å². The van der Waals surface area contributed by atoms with Crippen LogP contribution in [0, 0.1) is 0 Å². The summed E-state index contributed by atoms with van der Waals surface area (Å²) in [7, 11) is 1.85. The monoisotopic (exact) mass is 267 g/mol. The van der Waals surface area contributed by atoms with Crippen molar-refractivity contribution < 1.29 is 13.2 Å². The van der Waals surface area contributed by atoms with Gasteiger partial charge in [-0.15, -0.1) is 0 Å². The summed E-state index contributed by atoms with van der Waals surface area (Å²) in [6, 6.07) is 5.14. The number of hydrogen-bond acceptors (Lipinski definition) is 2. The summed E-state index contributed by atoms with van der Waals surface area (Å²) in [5.41, 5.74) is 3.00. The lowest BCUT2D eigenvalue weighted by molar-refractivity contribution is -0.137. The van der Waals surface area contributed by atoms with Crippen molar-refractivity contribution in [1.29, 1.82) is 0 Å². The van der Waals surface area contributed by atoms with Crippen LogP contribution in [-0.2, 0) is 26.3 Å². The molecule has 1 aromatic heterocycles. The average molecular weight is 267 g/mol. The molecule has 100 valence electrons. The first kappa shape index (κ1) is 12.2. The minimum Gasteiger partial charge on any atom is -0.307 e. The molecular formula is C13H12F3N3. The summed E-state index contributed by atoms with van der Waals surface area (Å²) in [6.45, 7) is 1.46. The highest BCUT2D eigenvalue weighted by Crippen LogP contribution is 2.32. The van der Waals surface area contributed by atoms with Gasteiger partial charge in [0.1, 0.15) is 0 Å². The molecule has 2 heterocycles. The van der Waals surface area contributed by atoms with Gasteiger partial charge in [0.05, 0.1) is 17.0 Å². The maximum absolute atomic E-state index is 12.5. The molecule has 3 rings (SSSR count). The lowest BCUT2D eigenvalue weighted by Crippen LogP contribution is -2.06. The second kappa shape index (κ2) is 4.09. The first-order valence-corrected chi connectivity index (χ1v) is 5.90. The Morgan fingerprint density at radius 3 is 2.47 bits per heavy atom. The largest absolute Gasteiger partial charge is 0.416 e. The zero-order chi connectivity index (χ0) is 13.6. The lowest BCUT2D eigenvalue weighted by atomic mass is 10.1. The number of alkyl halides is 3. The van der Waals surface area contributed by atoms with Gasteiger partial charge in [-0.2, -0.15) is 18.3 Å². The van der Waals surface area contributed by atoms with Gasteiger partial charge in [0.25, 0.3) is 0 Å². The molecule has 3 nitrogen and oxygen atoms in total. The molecular weight excluding hydrogens is 255 g/mol. The van der Waals surface area contributed by atoms with Crippen molar-refractivity contribution >= 4 is 0 Å². The Hall–Kier alpha value is -1.82. The maximum Gasteiger partial charge on any atom is 0.416 e. The van der Waals surface area contributed by atoms with Crippen molar-refractivity contribution in [2.24, 2.45) is 7.05 Å². The van der Waals surface area contributed by atoms with Crippen LogP contribution < -0.4 is 5.32 Å². The molecule has 1 N–H and O–H groups in total. The summed E-state index contributed by atoms with van der Waals surface area (Å²) in [5.74, 6) is 0. The van der Waals surface area contributed by atoms with Crippen LogP contribution >= 0.6 is 0 Å². The van der Waals surface area contributed by atoms with E-state index >= 15 is 0 Å². The minimum absolute atomic E-state index is 0.637. The number of rotatable bonds is 1. The number of fused-ring (bicyclic) bond motifs is 1. The third kappa shape index (κ3) is 2.02. The van der Waals surface area contributed by atoms with E-state index < -0.39 is 11.7 Å². The highest BCUT2D eigenvalue weighted by molar-refractivity contribution is 5.65. The van der Waals surface area contributed by atoms with Crippen LogP contribution in [0.15, 0.2) is 24.3 Å². The quantitative estimate of drug-likeness (QED) is 0.861. The molecule has 0 amide bonds. The standard InChI is InChI=1S/C13H12F3N3/c1-19-11-7-17-6-10(11)12(18-19)8-2-4-9(5-3-8)13(14,15)16/h2-5,17H,6-7H2,1H3. The van der Waals surface area contributed by atoms with E-state index in [1.165, 1.54) is 12.1 Å². The molecule has 1 aliphatic rings. The van der Waals surface area contributed by atoms with Gasteiger partial charge < -0.3 is 5.32 Å². The van der Waals surface area contributed by atoms with Crippen molar-refractivity contribution in [3.05, 3.63) is 41.1 Å². The van der Waals surface area contributed by atoms with Crippen LogP contribution in [-0.4, -0.2) is 9.78 Å². The second-order valence-electron chi connectivity index (χ2n) is 4.58. The van der Waals surface area contributed by atoms with Gasteiger partial charge >= 0.3 is 6.18 Å². The second-order valence-corrected chi connectivity index (χ2v) is 4.58. The van der Waals surface area contributed by atoms with E-state index in [9.17, 15) is 13.2 Å². The zero-order valence-electron chi connectivity index (χ0n) is 10.3. The highest BCUT2D eigenvalue weighted by atomic mass is 19.4. The number of hydrogen-bond donors (Lipinski definition) is 1. The summed E-state index contributed by atoms with van der Waals surface area (Å²) in [4.78, 5) is 0. The fraction of sp³-hybridized carbons (Fsp3) is 0.308. The van der Waals surface area contributed by atoms with E-state index in [0.29, 0.717) is 12.1 Å². The Bertz CT molecular complexity index is 611. The van der Waals surface area contributed by atoms with Crippen LogP contribution in [0.4, 0.5) is 13.2 Å². The average Bonchev–Trinajstić information content (AvgIpc) is 2.93. The first-order valence-electron chi connectivity index (χ1n) is 5.90. The van der Waals surface area contributed by atoms with E-state index in [4.69, 9.17) is 0 Å². The Balaban J connectivity index is 2.02. The predicted octanol–water partition coefficient (Wildman–Crippen LogP) is 2.71. The molecule has 6 heteroatoms. The topological polar surface area (TPSA) is 29.9 Å². The van der Waals surface area contributed by atoms with E-state index in [2.05, 4.69) is 10.4 Å². The molecule has 1 aliphatic heterocycles. The number of benzene rings is 1. The normalized spacial score (nSPS) is 14.7. The highest BCUT2D eigenvalue weighted by Gasteiger charge is 2.30. The molecule has 19 heavy (non-hydrogen) atoms. The lowest BCUT2D eigenvalue weighted by Gasteiger charge is -2.07. The Kier molecular flexibility index (Phi) is 2.63. The van der Waals surface area contributed by atoms with Gasteiger partial charge in [0, 0.05) is 31.3 Å². The van der Waals surface area contributed by atoms with Gasteiger partial charge in [-0.05, 0) is 12.1 Å². The maximum atomic E-state index is 12.5. The van der Waals surface area contributed by atoms with Crippen LogP contribution in [0.5, 0.6) is 0 Å². The van der Waals surface area contributed by atoms with Crippen molar-refractivity contribution in [3.63, 3.8) is 0 Å². The van der Waals surface area contributed by atoms with Crippen LogP contribution in [0.2, 0.25) is 0 Å². The molecule has 0 saturated heterocycles. The van der Waals surface area contributed by atoms with Crippen LogP contribution in [0.3, 0.4) is 0 Å². The third-order valence-electron chi connectivity index (χ3n) is 3.35. The molecule has 1 aromatic carbocycles. The molecule has 0 fully saturated rings. The number of halogens is 3. The molecule has 0 atom stereocenters. The molecule has 0 spiro atoms. The predicted molar refractivity (Wildman–Crippen MR) is 64.2 cm³/mol. The van der Waals surface area contributed by atoms with E-state index in [0.717, 1.165) is 35.6 Å². The van der Waals surface area contributed by atoms with E-state index in [1.807, 2.05) is 7.05 Å². The van der Waals surface area contributed by atoms with Gasteiger partial charge in [-0.1, -0.05) is 12.1 Å². The number of nitrogens with zero attached hydrogens (tertiary/aromatic N) is 2. The van der Waals surface area contributed by atoms with Gasteiger partial charge in [0.2, 0.25) is 0 Å². The Morgan fingerprint density at radius 2 is 1.84 bits per heavy atom. The van der Waals surface area contributed by atoms with E-state index in [1.54, 1.807) is 4.68 Å². The van der Waals surface area contributed by atoms with Gasteiger partial charge in [-0.25, -0.2) is 0 Å². The third-order valence-corrected chi connectivity index (χ3v) is 3.35. The summed E-state index contributed by atoms with van der Waals surface area (Å²) < 4.78 is 39.3. The molecule has 0 saturated carbocycles. The molecule has 0 radical (unpaired) electrons. The van der Waals surface area contributed by atoms with Gasteiger partial charge in [0.15, 0.2) is 0 Å². The van der Waals surface area contributed by atoms with Gasteiger partial charge in [-0.3, -0.25) is 4.68 Å².